The monoisotopic (exact) mass is 1530 g/mol. The number of aliphatic hydroxyl groups excluding tert-OH is 2. The molecule has 0 aliphatic rings. The van der Waals surface area contributed by atoms with Crippen molar-refractivity contribution < 1.29 is 78.5 Å². The van der Waals surface area contributed by atoms with E-state index in [-0.39, 0.29) is 13.2 Å². The number of hydrogen-bond acceptors (Lipinski definition) is 18. The van der Waals surface area contributed by atoms with Gasteiger partial charge in [0.1, 0.15) is 24.4 Å². The topological polar surface area (TPSA) is 188 Å². The lowest BCUT2D eigenvalue weighted by Gasteiger charge is -2.41. The van der Waals surface area contributed by atoms with Gasteiger partial charge in [0, 0.05) is 26.4 Å². The van der Waals surface area contributed by atoms with Crippen molar-refractivity contribution in [3.8, 4) is 0 Å². The van der Waals surface area contributed by atoms with Crippen LogP contribution >= 0.6 is 0 Å². The average Bonchev–Trinajstić information content (AvgIpc) is 3.17. The van der Waals surface area contributed by atoms with Gasteiger partial charge in [0.15, 0.2) is 66.5 Å². The molecule has 0 aromatic heterocycles. The molecule has 34 heteroatoms. The quantitative estimate of drug-likeness (QED) is 0.0432. The number of rotatable bonds is 49. The highest BCUT2D eigenvalue weighted by atomic mass is 28.5. The first-order valence-corrected chi connectivity index (χ1v) is 81.5. The molecule has 0 radical (unpaired) electrons. The second-order valence-corrected chi connectivity index (χ2v) is 99.4. The fraction of sp³-hybridized carbons (Fsp3) is 1.00. The minimum absolute atomic E-state index is 0.333. The van der Waals surface area contributed by atoms with Gasteiger partial charge in [-0.3, -0.25) is 0 Å². The molecule has 4 atom stereocenters. The Morgan fingerprint density at radius 2 is 0.375 bits per heavy atom. The van der Waals surface area contributed by atoms with Gasteiger partial charge in [0.05, 0.1) is 13.2 Å². The first kappa shape index (κ1) is 90.8. The van der Waals surface area contributed by atoms with Gasteiger partial charge < -0.3 is 78.5 Å². The summed E-state index contributed by atoms with van der Waals surface area (Å²) in [6.45, 7) is 79.2. The van der Waals surface area contributed by atoms with E-state index < -0.39 is 159 Å². The average molecular weight is 1530 g/mol. The van der Waals surface area contributed by atoms with E-state index in [1.807, 2.05) is 0 Å². The van der Waals surface area contributed by atoms with Gasteiger partial charge in [-0.25, -0.2) is 0 Å². The highest BCUT2D eigenvalue weighted by Gasteiger charge is 2.48. The minimum atomic E-state index is -2.58. The van der Waals surface area contributed by atoms with Gasteiger partial charge in [0.25, 0.3) is 0 Å². The standard InChI is InChI=1S/C54H142O18Si16/c1-73(2,3)61-81(21,22)69-85(29,30)65-77(13,14)45-37-41-57-51(49-55)53(59-43-39-47-79(17,18)67-87(33,34)71-83(25,26)63-75(7,8)9)54(60-44-40-48-80(19,20)68-88(35,36)72-84(27,28)64-76(10,11)12)52(50-56)58-42-38-46-78(15,16)66-86(31,32)70-82(23,24)62-74(4,5)6/h51-56H,37-50H2,1-36H3/t51-,52-,53-,54+/m0/s1. The Kier molecular flexibility index (Phi) is 36.8. The van der Waals surface area contributed by atoms with E-state index >= 15 is 0 Å². The summed E-state index contributed by atoms with van der Waals surface area (Å²) in [5.41, 5.74) is 0. The number of aliphatic hydroxyl groups is 2. The summed E-state index contributed by atoms with van der Waals surface area (Å²) < 4.78 is 109. The fourth-order valence-corrected chi connectivity index (χ4v) is 86.4. The van der Waals surface area contributed by atoms with Gasteiger partial charge in [-0.15, -0.1) is 0 Å². The summed E-state index contributed by atoms with van der Waals surface area (Å²) in [7, 11) is -36.4. The molecule has 0 bridgehead atoms. The molecule has 0 rings (SSSR count). The summed E-state index contributed by atoms with van der Waals surface area (Å²) in [4.78, 5) is 0. The second kappa shape index (κ2) is 35.7. The Morgan fingerprint density at radius 3 is 0.534 bits per heavy atom. The van der Waals surface area contributed by atoms with Gasteiger partial charge >= 0.3 is 68.5 Å². The van der Waals surface area contributed by atoms with E-state index in [4.69, 9.17) is 68.3 Å². The maximum absolute atomic E-state index is 11.5. The summed E-state index contributed by atoms with van der Waals surface area (Å²) >= 11 is 0. The summed E-state index contributed by atoms with van der Waals surface area (Å²) in [5.74, 6) is 0. The van der Waals surface area contributed by atoms with Crippen molar-refractivity contribution in [2.75, 3.05) is 39.6 Å². The molecule has 0 aromatic rings. The molecule has 0 unspecified atom stereocenters. The highest BCUT2D eigenvalue weighted by molar-refractivity contribution is 6.92. The molecule has 530 valence electrons. The van der Waals surface area contributed by atoms with Crippen molar-refractivity contribution in [2.45, 2.75) is 310 Å². The maximum atomic E-state index is 11.5. The number of hydrogen-bond donors (Lipinski definition) is 2. The Bertz CT molecular complexity index is 1860. The van der Waals surface area contributed by atoms with Gasteiger partial charge in [-0.2, -0.15) is 0 Å². The van der Waals surface area contributed by atoms with Crippen LogP contribution in [0, 0.1) is 0 Å². The molecule has 0 fully saturated rings. The zero-order valence-corrected chi connectivity index (χ0v) is 79.6. The zero-order chi connectivity index (χ0) is 69.5. The first-order valence-electron chi connectivity index (χ1n) is 32.9. The molecule has 0 aromatic carbocycles. The molecule has 0 spiro atoms. The van der Waals surface area contributed by atoms with Crippen LogP contribution in [0.25, 0.3) is 0 Å². The van der Waals surface area contributed by atoms with E-state index in [9.17, 15) is 10.2 Å². The Labute approximate surface area is 559 Å². The van der Waals surface area contributed by atoms with Crippen LogP contribution in [0.2, 0.25) is 260 Å². The SMILES string of the molecule is C[Si](C)(C)O[Si](C)(C)O[Si](C)(C)O[Si](C)(C)CCCO[C@H]([C@H](OCCC[Si](C)(C)O[Si](C)(C)O[Si](C)(C)O[Si](C)(C)C)[C@H](CO)OCCC[Si](C)(C)O[Si](C)(C)O[Si](C)(C)O[Si](C)(C)C)[C@H](CO)OCCC[Si](C)(C)O[Si](C)(C)O[Si](C)(C)O[Si](C)(C)C. The Morgan fingerprint density at radius 1 is 0.216 bits per heavy atom. The van der Waals surface area contributed by atoms with Crippen LogP contribution < -0.4 is 0 Å². The third-order valence-corrected chi connectivity index (χ3v) is 69.0. The second-order valence-electron chi connectivity index (χ2n) is 34.2. The lowest BCUT2D eigenvalue weighted by Crippen LogP contribution is -2.56. The van der Waals surface area contributed by atoms with Crippen LogP contribution in [-0.4, -0.2) is 209 Å². The van der Waals surface area contributed by atoms with E-state index in [1.54, 1.807) is 0 Å². The van der Waals surface area contributed by atoms with Crippen molar-refractivity contribution in [1.82, 2.24) is 0 Å². The van der Waals surface area contributed by atoms with E-state index in [0.29, 0.717) is 52.1 Å². The molecular formula is C54H142O18Si16. The molecule has 0 heterocycles. The van der Waals surface area contributed by atoms with Crippen LogP contribution in [0.3, 0.4) is 0 Å². The van der Waals surface area contributed by atoms with Crippen LogP contribution in [0.15, 0.2) is 0 Å². The van der Waals surface area contributed by atoms with Gasteiger partial charge in [-0.05, 0) is 286 Å². The lowest BCUT2D eigenvalue weighted by molar-refractivity contribution is -0.191. The predicted octanol–water partition coefficient (Wildman–Crippen LogP) is 16.0. The molecular weight excluding hydrogens is 1390 g/mol. The van der Waals surface area contributed by atoms with Crippen LogP contribution in [0.4, 0.5) is 0 Å². The number of ether oxygens (including phenoxy) is 4. The summed E-state index contributed by atoms with van der Waals surface area (Å²) in [6.07, 6.45) is -0.432. The molecule has 2 N–H and O–H groups in total. The Hall–Kier alpha value is 2.75. The van der Waals surface area contributed by atoms with Gasteiger partial charge in [-0.1, -0.05) is 0 Å². The molecule has 0 saturated carbocycles. The van der Waals surface area contributed by atoms with Crippen molar-refractivity contribution in [3.05, 3.63) is 0 Å². The lowest BCUT2D eigenvalue weighted by atomic mass is 10.0. The van der Waals surface area contributed by atoms with Crippen LogP contribution in [-0.2, 0) is 68.3 Å². The molecule has 0 amide bonds. The van der Waals surface area contributed by atoms with E-state index in [2.05, 4.69) is 236 Å². The maximum Gasteiger partial charge on any atom is 0.312 e. The fourth-order valence-electron chi connectivity index (χ4n) is 12.6. The highest BCUT2D eigenvalue weighted by Crippen LogP contribution is 2.32. The molecule has 0 aliphatic heterocycles. The van der Waals surface area contributed by atoms with Crippen LogP contribution in [0.5, 0.6) is 0 Å². The van der Waals surface area contributed by atoms with Crippen molar-refractivity contribution in [1.29, 1.82) is 0 Å². The van der Waals surface area contributed by atoms with Gasteiger partial charge in [0.2, 0.25) is 0 Å². The first-order chi connectivity index (χ1) is 38.8. The van der Waals surface area contributed by atoms with E-state index in [0.717, 1.165) is 24.2 Å². The van der Waals surface area contributed by atoms with Crippen molar-refractivity contribution in [2.24, 2.45) is 0 Å². The Balaban J connectivity index is 7.22. The largest absolute Gasteiger partial charge is 0.437 e. The summed E-state index contributed by atoms with van der Waals surface area (Å²) in [6, 6.07) is 3.26. The van der Waals surface area contributed by atoms with Crippen LogP contribution in [0.1, 0.15) is 25.7 Å². The molecule has 0 saturated heterocycles. The van der Waals surface area contributed by atoms with Crippen molar-refractivity contribution >= 4 is 135 Å². The van der Waals surface area contributed by atoms with Crippen molar-refractivity contribution in [3.63, 3.8) is 0 Å². The molecule has 0 aliphatic carbocycles. The predicted molar refractivity (Wildman–Crippen MR) is 407 cm³/mol. The zero-order valence-electron chi connectivity index (χ0n) is 63.6. The smallest absolute Gasteiger partial charge is 0.312 e. The summed E-state index contributed by atoms with van der Waals surface area (Å²) in [5, 5.41) is 22.9. The third-order valence-electron chi connectivity index (χ3n) is 12.7. The molecule has 18 nitrogen and oxygen atoms in total. The van der Waals surface area contributed by atoms with E-state index in [1.165, 1.54) is 0 Å². The minimum Gasteiger partial charge on any atom is -0.437 e. The third kappa shape index (κ3) is 45.4. The molecule has 88 heavy (non-hydrogen) atoms. The normalized spacial score (nSPS) is 16.6.